The van der Waals surface area contributed by atoms with Gasteiger partial charge in [0.1, 0.15) is 5.82 Å². The summed E-state index contributed by atoms with van der Waals surface area (Å²) < 4.78 is 14.4. The minimum Gasteiger partial charge on any atom is -0.338 e. The van der Waals surface area contributed by atoms with E-state index in [1.54, 1.807) is 17.0 Å². The summed E-state index contributed by atoms with van der Waals surface area (Å²) in [6, 6.07) is 4.57. The molecule has 0 bridgehead atoms. The molecule has 1 unspecified atom stereocenters. The standard InChI is InChI=1S/C13H14Br2FNO/c14-7-9-2-1-5-17(8-9)13(18)11-4-3-10(15)6-12(11)16/h3-4,6,9H,1-2,5,7-8H2. The van der Waals surface area contributed by atoms with Gasteiger partial charge in [-0.15, -0.1) is 0 Å². The molecule has 18 heavy (non-hydrogen) atoms. The van der Waals surface area contributed by atoms with Crippen LogP contribution in [-0.2, 0) is 0 Å². The first kappa shape index (κ1) is 14.0. The Hall–Kier alpha value is -0.420. The van der Waals surface area contributed by atoms with Crippen LogP contribution in [0.5, 0.6) is 0 Å². The molecule has 2 nitrogen and oxygen atoms in total. The molecule has 0 spiro atoms. The van der Waals surface area contributed by atoms with Crippen molar-refractivity contribution in [2.45, 2.75) is 12.8 Å². The van der Waals surface area contributed by atoms with Gasteiger partial charge in [0.05, 0.1) is 5.56 Å². The molecule has 98 valence electrons. The molecular formula is C13H14Br2FNO. The molecule has 1 fully saturated rings. The van der Waals surface area contributed by atoms with E-state index in [1.165, 1.54) is 6.07 Å². The third-order valence-electron chi connectivity index (χ3n) is 3.19. The SMILES string of the molecule is O=C(c1ccc(Br)cc1F)N1CCCC(CBr)C1. The lowest BCUT2D eigenvalue weighted by atomic mass is 9.99. The monoisotopic (exact) mass is 377 g/mol. The molecule has 1 aliphatic heterocycles. The first-order chi connectivity index (χ1) is 8.61. The molecule has 0 saturated carbocycles. The van der Waals surface area contributed by atoms with Crippen LogP contribution in [0.3, 0.4) is 0 Å². The highest BCUT2D eigenvalue weighted by Gasteiger charge is 2.25. The van der Waals surface area contributed by atoms with Gasteiger partial charge in [0.15, 0.2) is 0 Å². The molecule has 0 N–H and O–H groups in total. The van der Waals surface area contributed by atoms with Crippen molar-refractivity contribution in [2.24, 2.45) is 5.92 Å². The average Bonchev–Trinajstić information content (AvgIpc) is 2.38. The van der Waals surface area contributed by atoms with Crippen LogP contribution in [0, 0.1) is 11.7 Å². The van der Waals surface area contributed by atoms with Crippen LogP contribution in [0.25, 0.3) is 0 Å². The number of nitrogens with zero attached hydrogens (tertiary/aromatic N) is 1. The highest BCUT2D eigenvalue weighted by atomic mass is 79.9. The van der Waals surface area contributed by atoms with Gasteiger partial charge in [0, 0.05) is 22.9 Å². The molecule has 1 saturated heterocycles. The minimum atomic E-state index is -0.463. The van der Waals surface area contributed by atoms with Crippen LogP contribution >= 0.6 is 31.9 Å². The molecule has 2 rings (SSSR count). The summed E-state index contributed by atoms with van der Waals surface area (Å²) >= 11 is 6.64. The van der Waals surface area contributed by atoms with Gasteiger partial charge in [-0.3, -0.25) is 4.79 Å². The maximum atomic E-state index is 13.7. The molecular weight excluding hydrogens is 365 g/mol. The Morgan fingerprint density at radius 1 is 1.50 bits per heavy atom. The number of hydrogen-bond acceptors (Lipinski definition) is 1. The zero-order valence-electron chi connectivity index (χ0n) is 9.83. The van der Waals surface area contributed by atoms with Crippen molar-refractivity contribution in [1.29, 1.82) is 0 Å². The van der Waals surface area contributed by atoms with Gasteiger partial charge in [-0.25, -0.2) is 4.39 Å². The van der Waals surface area contributed by atoms with E-state index < -0.39 is 5.82 Å². The average molecular weight is 379 g/mol. The van der Waals surface area contributed by atoms with Crippen molar-refractivity contribution < 1.29 is 9.18 Å². The van der Waals surface area contributed by atoms with E-state index in [4.69, 9.17) is 0 Å². The van der Waals surface area contributed by atoms with Crippen LogP contribution in [0.2, 0.25) is 0 Å². The van der Waals surface area contributed by atoms with Crippen LogP contribution in [0.15, 0.2) is 22.7 Å². The summed E-state index contributed by atoms with van der Waals surface area (Å²) in [5.74, 6) is -0.192. The summed E-state index contributed by atoms with van der Waals surface area (Å²) in [6.07, 6.45) is 2.11. The van der Waals surface area contributed by atoms with Crippen LogP contribution < -0.4 is 0 Å². The van der Waals surface area contributed by atoms with Gasteiger partial charge >= 0.3 is 0 Å². The molecule has 1 heterocycles. The maximum Gasteiger partial charge on any atom is 0.256 e. The number of alkyl halides is 1. The van der Waals surface area contributed by atoms with Crippen LogP contribution in [0.1, 0.15) is 23.2 Å². The number of carbonyl (C=O) groups is 1. The highest BCUT2D eigenvalue weighted by molar-refractivity contribution is 9.10. The van der Waals surface area contributed by atoms with Crippen molar-refractivity contribution in [2.75, 3.05) is 18.4 Å². The smallest absolute Gasteiger partial charge is 0.256 e. The number of likely N-dealkylation sites (tertiary alicyclic amines) is 1. The Bertz CT molecular complexity index is 453. The fourth-order valence-corrected chi connectivity index (χ4v) is 3.07. The highest BCUT2D eigenvalue weighted by Crippen LogP contribution is 2.22. The number of benzene rings is 1. The third-order valence-corrected chi connectivity index (χ3v) is 4.59. The first-order valence-electron chi connectivity index (χ1n) is 5.92. The Labute approximate surface area is 123 Å². The van der Waals surface area contributed by atoms with Crippen molar-refractivity contribution in [3.05, 3.63) is 34.1 Å². The molecule has 0 aliphatic carbocycles. The van der Waals surface area contributed by atoms with E-state index in [0.29, 0.717) is 16.9 Å². The summed E-state index contributed by atoms with van der Waals surface area (Å²) in [5, 5.41) is 0.888. The second-order valence-electron chi connectivity index (χ2n) is 4.54. The molecule has 1 aliphatic rings. The van der Waals surface area contributed by atoms with E-state index in [2.05, 4.69) is 31.9 Å². The molecule has 0 aromatic heterocycles. The summed E-state index contributed by atoms with van der Waals surface area (Å²) in [4.78, 5) is 14.0. The molecule has 1 atom stereocenters. The van der Waals surface area contributed by atoms with Crippen molar-refractivity contribution in [1.82, 2.24) is 4.90 Å². The Balaban J connectivity index is 2.15. The lowest BCUT2D eigenvalue weighted by Crippen LogP contribution is -2.40. The zero-order chi connectivity index (χ0) is 13.1. The van der Waals surface area contributed by atoms with E-state index >= 15 is 0 Å². The predicted molar refractivity (Wildman–Crippen MR) is 76.5 cm³/mol. The summed E-state index contributed by atoms with van der Waals surface area (Å²) in [6.45, 7) is 1.43. The molecule has 5 heteroatoms. The fraction of sp³-hybridized carbons (Fsp3) is 0.462. The number of carbonyl (C=O) groups excluding carboxylic acids is 1. The lowest BCUT2D eigenvalue weighted by molar-refractivity contribution is 0.0681. The minimum absolute atomic E-state index is 0.161. The summed E-state index contributed by atoms with van der Waals surface area (Å²) in [5.41, 5.74) is 0.161. The quantitative estimate of drug-likeness (QED) is 0.716. The maximum absolute atomic E-state index is 13.7. The van der Waals surface area contributed by atoms with Crippen molar-refractivity contribution in [3.8, 4) is 0 Å². The zero-order valence-corrected chi connectivity index (χ0v) is 13.0. The second kappa shape index (κ2) is 6.15. The largest absolute Gasteiger partial charge is 0.338 e. The van der Waals surface area contributed by atoms with Gasteiger partial charge in [0.2, 0.25) is 0 Å². The molecule has 1 aromatic carbocycles. The van der Waals surface area contributed by atoms with Gasteiger partial charge in [-0.2, -0.15) is 0 Å². The van der Waals surface area contributed by atoms with E-state index in [0.717, 1.165) is 24.7 Å². The predicted octanol–water partition coefficient (Wildman–Crippen LogP) is 3.84. The van der Waals surface area contributed by atoms with E-state index in [-0.39, 0.29) is 11.5 Å². The fourth-order valence-electron chi connectivity index (χ4n) is 2.21. The number of hydrogen-bond donors (Lipinski definition) is 0. The van der Waals surface area contributed by atoms with Crippen LogP contribution in [0.4, 0.5) is 4.39 Å². The number of rotatable bonds is 2. The van der Waals surface area contributed by atoms with E-state index in [9.17, 15) is 9.18 Å². The summed E-state index contributed by atoms with van der Waals surface area (Å²) in [7, 11) is 0. The number of amides is 1. The third kappa shape index (κ3) is 3.12. The number of halogens is 3. The number of piperidine rings is 1. The van der Waals surface area contributed by atoms with Gasteiger partial charge in [-0.05, 0) is 37.0 Å². The molecule has 1 amide bonds. The van der Waals surface area contributed by atoms with Crippen molar-refractivity contribution >= 4 is 37.8 Å². The van der Waals surface area contributed by atoms with Gasteiger partial charge in [-0.1, -0.05) is 31.9 Å². The Morgan fingerprint density at radius 2 is 2.28 bits per heavy atom. The van der Waals surface area contributed by atoms with Crippen LogP contribution in [-0.4, -0.2) is 29.2 Å². The normalized spacial score (nSPS) is 19.9. The lowest BCUT2D eigenvalue weighted by Gasteiger charge is -2.32. The van der Waals surface area contributed by atoms with E-state index in [1.807, 2.05) is 0 Å². The van der Waals surface area contributed by atoms with Crippen molar-refractivity contribution in [3.63, 3.8) is 0 Å². The topological polar surface area (TPSA) is 20.3 Å². The van der Waals surface area contributed by atoms with Gasteiger partial charge in [0.25, 0.3) is 5.91 Å². The van der Waals surface area contributed by atoms with Gasteiger partial charge < -0.3 is 4.90 Å². The molecule has 1 aromatic rings. The molecule has 0 radical (unpaired) electrons. The Morgan fingerprint density at radius 3 is 2.94 bits per heavy atom. The Kier molecular flexibility index (Phi) is 4.78. The first-order valence-corrected chi connectivity index (χ1v) is 7.83. The second-order valence-corrected chi connectivity index (χ2v) is 6.10.